The highest BCUT2D eigenvalue weighted by Crippen LogP contribution is 2.25. The molecule has 28 heavy (non-hydrogen) atoms. The Bertz CT molecular complexity index is 1070. The van der Waals surface area contributed by atoms with Gasteiger partial charge >= 0.3 is 0 Å². The summed E-state index contributed by atoms with van der Waals surface area (Å²) in [4.78, 5) is 29.0. The lowest BCUT2D eigenvalue weighted by atomic mass is 10.1. The van der Waals surface area contributed by atoms with Crippen molar-refractivity contribution in [2.45, 2.75) is 0 Å². The molecule has 0 unspecified atom stereocenters. The Balaban J connectivity index is 1.76. The Hall–Kier alpha value is -3.30. The highest BCUT2D eigenvalue weighted by molar-refractivity contribution is 7.12. The number of nitrogens with two attached hydrogens (primary N) is 1. The first kappa shape index (κ1) is 19.5. The predicted octanol–water partition coefficient (Wildman–Crippen LogP) is 3.72. The molecule has 10 heteroatoms. The molecule has 0 spiro atoms. The number of amidine groups is 1. The second kappa shape index (κ2) is 8.15. The van der Waals surface area contributed by atoms with Gasteiger partial charge < -0.3 is 16.4 Å². The summed E-state index contributed by atoms with van der Waals surface area (Å²) in [6.07, 6.45) is 1.39. The predicted molar refractivity (Wildman–Crippen MR) is 107 cm³/mol. The Kier molecular flexibility index (Phi) is 5.67. The van der Waals surface area contributed by atoms with Gasteiger partial charge in [0.25, 0.3) is 11.8 Å². The minimum Gasteiger partial charge on any atom is -0.384 e. The summed E-state index contributed by atoms with van der Waals surface area (Å²) in [6.45, 7) is 0. The summed E-state index contributed by atoms with van der Waals surface area (Å²) < 4.78 is 14.2. The van der Waals surface area contributed by atoms with Crippen LogP contribution in [0.4, 0.5) is 15.9 Å². The molecule has 0 aliphatic heterocycles. The monoisotopic (exact) mass is 417 g/mol. The average Bonchev–Trinajstić information content (AvgIpc) is 3.11. The maximum absolute atomic E-state index is 14.2. The van der Waals surface area contributed by atoms with Crippen LogP contribution in [0.5, 0.6) is 0 Å². The topological polar surface area (TPSA) is 121 Å². The van der Waals surface area contributed by atoms with Crippen molar-refractivity contribution >= 4 is 52.1 Å². The van der Waals surface area contributed by atoms with E-state index in [0.29, 0.717) is 10.8 Å². The van der Waals surface area contributed by atoms with E-state index < -0.39 is 17.6 Å². The van der Waals surface area contributed by atoms with Crippen molar-refractivity contribution in [2.75, 3.05) is 10.6 Å². The molecule has 142 valence electrons. The second-order valence-corrected chi connectivity index (χ2v) is 6.89. The molecule has 2 amide bonds. The molecule has 0 bridgehead atoms. The van der Waals surface area contributed by atoms with Crippen LogP contribution in [-0.4, -0.2) is 22.6 Å². The summed E-state index contributed by atoms with van der Waals surface area (Å²) in [5.41, 5.74) is 5.47. The molecular formula is C18H13ClFN5O2S. The summed E-state index contributed by atoms with van der Waals surface area (Å²) in [5, 5.41) is 14.5. The zero-order valence-corrected chi connectivity index (χ0v) is 15.7. The van der Waals surface area contributed by atoms with E-state index in [1.54, 1.807) is 11.4 Å². The molecule has 3 rings (SSSR count). The molecule has 7 nitrogen and oxygen atoms in total. The van der Waals surface area contributed by atoms with Crippen molar-refractivity contribution in [1.29, 1.82) is 5.41 Å². The number of nitrogen functional groups attached to an aromatic ring is 1. The van der Waals surface area contributed by atoms with E-state index in [9.17, 15) is 14.0 Å². The van der Waals surface area contributed by atoms with E-state index in [1.165, 1.54) is 30.5 Å². The molecular weight excluding hydrogens is 405 g/mol. The van der Waals surface area contributed by atoms with E-state index in [1.807, 2.05) is 0 Å². The maximum atomic E-state index is 14.2. The minimum absolute atomic E-state index is 0.167. The fraction of sp³-hybridized carbons (Fsp3) is 0. The lowest BCUT2D eigenvalue weighted by Gasteiger charge is -2.09. The number of anilines is 2. The first-order valence-electron chi connectivity index (χ1n) is 7.81. The Morgan fingerprint density at radius 2 is 1.93 bits per heavy atom. The normalized spacial score (nSPS) is 10.4. The molecule has 2 heterocycles. The van der Waals surface area contributed by atoms with Gasteiger partial charge in [-0.15, -0.1) is 11.3 Å². The lowest BCUT2D eigenvalue weighted by Crippen LogP contribution is -2.18. The number of halogens is 2. The summed E-state index contributed by atoms with van der Waals surface area (Å²) in [6, 6.07) is 8.25. The van der Waals surface area contributed by atoms with Crippen molar-refractivity contribution < 1.29 is 14.0 Å². The minimum atomic E-state index is -0.822. The van der Waals surface area contributed by atoms with Crippen LogP contribution in [-0.2, 0) is 0 Å². The van der Waals surface area contributed by atoms with Crippen LogP contribution >= 0.6 is 22.9 Å². The van der Waals surface area contributed by atoms with Gasteiger partial charge in [-0.3, -0.25) is 15.0 Å². The van der Waals surface area contributed by atoms with Gasteiger partial charge in [0, 0.05) is 11.8 Å². The Labute approximate surface area is 167 Å². The molecule has 3 aromatic rings. The number of carbonyl (C=O) groups is 2. The van der Waals surface area contributed by atoms with Gasteiger partial charge in [-0.2, -0.15) is 0 Å². The van der Waals surface area contributed by atoms with E-state index in [-0.39, 0.29) is 27.5 Å². The molecule has 0 saturated carbocycles. The smallest absolute Gasteiger partial charge is 0.269 e. The van der Waals surface area contributed by atoms with Crippen molar-refractivity contribution in [1.82, 2.24) is 4.98 Å². The van der Waals surface area contributed by atoms with E-state index in [0.717, 1.165) is 17.4 Å². The number of benzene rings is 1. The Morgan fingerprint density at radius 3 is 2.57 bits per heavy atom. The number of pyridine rings is 1. The summed E-state index contributed by atoms with van der Waals surface area (Å²) in [5.74, 6) is -2.04. The van der Waals surface area contributed by atoms with Crippen molar-refractivity contribution in [3.63, 3.8) is 0 Å². The van der Waals surface area contributed by atoms with Crippen LogP contribution in [0.1, 0.15) is 25.6 Å². The van der Waals surface area contributed by atoms with E-state index in [4.69, 9.17) is 22.7 Å². The number of nitrogens with zero attached hydrogens (tertiary/aromatic N) is 1. The van der Waals surface area contributed by atoms with Gasteiger partial charge in [-0.05, 0) is 35.7 Å². The zero-order chi connectivity index (χ0) is 20.3. The quantitative estimate of drug-likeness (QED) is 0.373. The summed E-state index contributed by atoms with van der Waals surface area (Å²) >= 11 is 6.87. The fourth-order valence-corrected chi connectivity index (χ4v) is 3.12. The first-order valence-corrected chi connectivity index (χ1v) is 9.06. The van der Waals surface area contributed by atoms with Crippen molar-refractivity contribution in [3.8, 4) is 0 Å². The van der Waals surface area contributed by atoms with E-state index >= 15 is 0 Å². The largest absolute Gasteiger partial charge is 0.384 e. The maximum Gasteiger partial charge on any atom is 0.269 e. The first-order chi connectivity index (χ1) is 13.3. The van der Waals surface area contributed by atoms with Crippen LogP contribution in [0.2, 0.25) is 5.02 Å². The molecule has 1 aromatic carbocycles. The molecule has 0 atom stereocenters. The number of rotatable bonds is 5. The number of nitrogens with one attached hydrogen (secondary N) is 3. The van der Waals surface area contributed by atoms with Gasteiger partial charge in [0.1, 0.15) is 22.3 Å². The standard InChI is InChI=1S/C18H13ClFN5O2S/c19-10-2-4-14(23-8-10)25-18(27)15-13(5-6-28-15)24-17(26)11-3-1-9(16(21)22)7-12(11)20/h1-8H,(H3,21,22)(H,24,26)(H,23,25,27). The van der Waals surface area contributed by atoms with E-state index in [2.05, 4.69) is 15.6 Å². The molecule has 0 fully saturated rings. The van der Waals surface area contributed by atoms with Gasteiger partial charge in [0.15, 0.2) is 0 Å². The number of thiophene rings is 1. The third kappa shape index (κ3) is 4.33. The van der Waals surface area contributed by atoms with Gasteiger partial charge in [0.05, 0.1) is 16.3 Å². The highest BCUT2D eigenvalue weighted by Gasteiger charge is 2.19. The van der Waals surface area contributed by atoms with Gasteiger partial charge in [-0.1, -0.05) is 17.7 Å². The average molecular weight is 418 g/mol. The highest BCUT2D eigenvalue weighted by atomic mass is 35.5. The SMILES string of the molecule is N=C(N)c1ccc(C(=O)Nc2ccsc2C(=O)Nc2ccc(Cl)cn2)c(F)c1. The van der Waals surface area contributed by atoms with Crippen LogP contribution in [0.15, 0.2) is 48.0 Å². The number of hydrogen-bond donors (Lipinski definition) is 4. The molecule has 0 radical (unpaired) electrons. The fourth-order valence-electron chi connectivity index (χ4n) is 2.26. The molecule has 0 saturated heterocycles. The van der Waals surface area contributed by atoms with Crippen LogP contribution in [0.3, 0.4) is 0 Å². The van der Waals surface area contributed by atoms with Crippen LogP contribution in [0, 0.1) is 11.2 Å². The van der Waals surface area contributed by atoms with Gasteiger partial charge in [-0.25, -0.2) is 9.37 Å². The molecule has 5 N–H and O–H groups in total. The molecule has 0 aliphatic rings. The summed E-state index contributed by atoms with van der Waals surface area (Å²) in [7, 11) is 0. The lowest BCUT2D eigenvalue weighted by molar-refractivity contribution is 0.102. The Morgan fingerprint density at radius 1 is 1.14 bits per heavy atom. The van der Waals surface area contributed by atoms with Gasteiger partial charge in [0.2, 0.25) is 0 Å². The molecule has 2 aromatic heterocycles. The number of aromatic nitrogens is 1. The second-order valence-electron chi connectivity index (χ2n) is 5.54. The third-order valence-corrected chi connectivity index (χ3v) is 4.75. The van der Waals surface area contributed by atoms with Crippen molar-refractivity contribution in [3.05, 3.63) is 74.8 Å². The number of amides is 2. The molecule has 0 aliphatic carbocycles. The number of carbonyl (C=O) groups excluding carboxylic acids is 2. The van der Waals surface area contributed by atoms with Crippen molar-refractivity contribution in [2.24, 2.45) is 5.73 Å². The zero-order valence-electron chi connectivity index (χ0n) is 14.1. The number of hydrogen-bond acceptors (Lipinski definition) is 5. The van der Waals surface area contributed by atoms with Crippen LogP contribution in [0.25, 0.3) is 0 Å². The van der Waals surface area contributed by atoms with Crippen LogP contribution < -0.4 is 16.4 Å². The third-order valence-electron chi connectivity index (χ3n) is 3.61.